The second kappa shape index (κ2) is 9.01. The minimum Gasteiger partial charge on any atom is -0.550 e. The van der Waals surface area contributed by atoms with Crippen LogP contribution >= 0.6 is 24.0 Å². The lowest BCUT2D eigenvalue weighted by atomic mass is 10.1. The summed E-state index contributed by atoms with van der Waals surface area (Å²) in [7, 11) is 0. The largest absolute Gasteiger partial charge is 0.550 e. The molecule has 0 bridgehead atoms. The van der Waals surface area contributed by atoms with E-state index in [4.69, 9.17) is 17.0 Å². The molecule has 2 rings (SSSR count). The van der Waals surface area contributed by atoms with Crippen molar-refractivity contribution in [2.24, 2.45) is 5.92 Å². The molecule has 0 N–H and O–H groups in total. The van der Waals surface area contributed by atoms with Crippen molar-refractivity contribution >= 4 is 46.3 Å². The lowest BCUT2D eigenvalue weighted by molar-refractivity contribution is -0.305. The van der Waals surface area contributed by atoms with Crippen LogP contribution in [0.15, 0.2) is 29.2 Å². The van der Waals surface area contributed by atoms with Gasteiger partial charge in [-0.1, -0.05) is 50.0 Å². The highest BCUT2D eigenvalue weighted by atomic mass is 32.2. The third-order valence-electron chi connectivity index (χ3n) is 3.55. The van der Waals surface area contributed by atoms with Gasteiger partial charge in [0.2, 0.25) is 0 Å². The highest BCUT2D eigenvalue weighted by Crippen LogP contribution is 2.32. The Balaban J connectivity index is 1.99. The Morgan fingerprint density at radius 2 is 2.04 bits per heavy atom. The molecule has 1 aliphatic rings. The summed E-state index contributed by atoms with van der Waals surface area (Å²) in [5.74, 6) is -0.0861. The monoisotopic (exact) mass is 378 g/mol. The van der Waals surface area contributed by atoms with E-state index < -0.39 is 5.97 Å². The molecule has 1 saturated heterocycles. The number of hydrogen-bond acceptors (Lipinski definition) is 6. The van der Waals surface area contributed by atoms with Gasteiger partial charge >= 0.3 is 0 Å². The number of carboxylic acid groups (broad SMARTS) is 1. The first-order valence-electron chi connectivity index (χ1n) is 8.05. The third kappa shape index (κ3) is 5.86. The first-order valence-corrected chi connectivity index (χ1v) is 9.27. The van der Waals surface area contributed by atoms with E-state index in [-0.39, 0.29) is 18.9 Å². The molecule has 5 nitrogen and oxygen atoms in total. The molecule has 1 aromatic carbocycles. The first-order chi connectivity index (χ1) is 11.9. The summed E-state index contributed by atoms with van der Waals surface area (Å²) in [6.07, 6.45) is 2.51. The zero-order valence-corrected chi connectivity index (χ0v) is 15.8. The van der Waals surface area contributed by atoms with E-state index in [0.717, 1.165) is 17.7 Å². The summed E-state index contributed by atoms with van der Waals surface area (Å²) in [6.45, 7) is 5.01. The Labute approximate surface area is 157 Å². The lowest BCUT2D eigenvalue weighted by Gasteiger charge is -2.14. The predicted octanol–water partition coefficient (Wildman–Crippen LogP) is 2.45. The Morgan fingerprint density at radius 3 is 2.64 bits per heavy atom. The summed E-state index contributed by atoms with van der Waals surface area (Å²) >= 11 is 6.32. The Morgan fingerprint density at radius 1 is 1.36 bits per heavy atom. The van der Waals surface area contributed by atoms with Crippen LogP contribution in [0.5, 0.6) is 5.75 Å². The van der Waals surface area contributed by atoms with Crippen LogP contribution < -0.4 is 9.84 Å². The maximum atomic E-state index is 12.3. The van der Waals surface area contributed by atoms with E-state index >= 15 is 0 Å². The van der Waals surface area contributed by atoms with Gasteiger partial charge in [0, 0.05) is 18.9 Å². The zero-order valence-electron chi connectivity index (χ0n) is 14.2. The summed E-state index contributed by atoms with van der Waals surface area (Å²) < 4.78 is 6.03. The predicted molar refractivity (Wildman–Crippen MR) is 101 cm³/mol. The fourth-order valence-corrected chi connectivity index (χ4v) is 3.43. The lowest BCUT2D eigenvalue weighted by Crippen LogP contribution is -2.33. The van der Waals surface area contributed by atoms with Crippen molar-refractivity contribution in [2.45, 2.75) is 26.7 Å². The van der Waals surface area contributed by atoms with E-state index in [2.05, 4.69) is 13.8 Å². The van der Waals surface area contributed by atoms with Gasteiger partial charge in [0.15, 0.2) is 0 Å². The van der Waals surface area contributed by atoms with Gasteiger partial charge < -0.3 is 14.6 Å². The Hall–Kier alpha value is -1.86. The van der Waals surface area contributed by atoms with Crippen molar-refractivity contribution in [1.82, 2.24) is 4.90 Å². The number of benzene rings is 1. The first kappa shape index (κ1) is 19.5. The van der Waals surface area contributed by atoms with Crippen molar-refractivity contribution in [1.29, 1.82) is 0 Å². The molecule has 0 unspecified atom stereocenters. The van der Waals surface area contributed by atoms with Crippen LogP contribution in [-0.4, -0.2) is 34.2 Å². The number of rotatable bonds is 8. The SMILES string of the molecule is CC(C)CCOc1ccc(/C=C2\SC(=S)N(CCC(=O)[O-])C2=O)cc1. The number of amides is 1. The van der Waals surface area contributed by atoms with Crippen LogP contribution in [0.4, 0.5) is 0 Å². The normalized spacial score (nSPS) is 16.1. The second-order valence-electron chi connectivity index (χ2n) is 6.06. The van der Waals surface area contributed by atoms with Crippen molar-refractivity contribution in [3.8, 4) is 5.75 Å². The van der Waals surface area contributed by atoms with Gasteiger partial charge in [-0.15, -0.1) is 0 Å². The zero-order chi connectivity index (χ0) is 18.4. The number of carbonyl (C=O) groups is 2. The quantitative estimate of drug-likeness (QED) is 0.511. The van der Waals surface area contributed by atoms with Gasteiger partial charge in [-0.3, -0.25) is 9.69 Å². The summed E-state index contributed by atoms with van der Waals surface area (Å²) in [6, 6.07) is 7.48. The molecule has 0 radical (unpaired) electrons. The number of carbonyl (C=O) groups excluding carboxylic acids is 2. The van der Waals surface area contributed by atoms with Gasteiger partial charge in [0.05, 0.1) is 11.5 Å². The fraction of sp³-hybridized carbons (Fsp3) is 0.389. The molecular weight excluding hydrogens is 358 g/mol. The molecule has 0 saturated carbocycles. The van der Waals surface area contributed by atoms with Crippen LogP contribution in [0.1, 0.15) is 32.3 Å². The average molecular weight is 378 g/mol. The molecule has 1 amide bonds. The van der Waals surface area contributed by atoms with Crippen LogP contribution in [0, 0.1) is 5.92 Å². The number of nitrogens with zero attached hydrogens (tertiary/aromatic N) is 1. The van der Waals surface area contributed by atoms with E-state index in [1.807, 2.05) is 24.3 Å². The third-order valence-corrected chi connectivity index (χ3v) is 4.93. The molecule has 0 atom stereocenters. The van der Waals surface area contributed by atoms with Gasteiger partial charge in [-0.2, -0.15) is 0 Å². The van der Waals surface area contributed by atoms with Crippen LogP contribution in [0.2, 0.25) is 0 Å². The number of thioether (sulfide) groups is 1. The van der Waals surface area contributed by atoms with Crippen LogP contribution in [0.25, 0.3) is 6.08 Å². The highest BCUT2D eigenvalue weighted by molar-refractivity contribution is 8.26. The smallest absolute Gasteiger partial charge is 0.266 e. The van der Waals surface area contributed by atoms with Crippen molar-refractivity contribution in [3.05, 3.63) is 34.7 Å². The molecule has 0 aromatic heterocycles. The van der Waals surface area contributed by atoms with E-state index in [1.165, 1.54) is 16.7 Å². The molecule has 7 heteroatoms. The molecule has 1 aromatic rings. The maximum absolute atomic E-state index is 12.3. The highest BCUT2D eigenvalue weighted by Gasteiger charge is 2.31. The number of hydrogen-bond donors (Lipinski definition) is 0. The molecule has 25 heavy (non-hydrogen) atoms. The number of thiocarbonyl (C=S) groups is 1. The van der Waals surface area contributed by atoms with Crippen LogP contribution in [0.3, 0.4) is 0 Å². The number of aliphatic carboxylic acids is 1. The van der Waals surface area contributed by atoms with Crippen LogP contribution in [-0.2, 0) is 9.59 Å². The average Bonchev–Trinajstić information content (AvgIpc) is 2.80. The Kier molecular flexibility index (Phi) is 7.01. The van der Waals surface area contributed by atoms with E-state index in [0.29, 0.717) is 21.8 Å². The molecule has 1 heterocycles. The van der Waals surface area contributed by atoms with E-state index in [9.17, 15) is 14.7 Å². The van der Waals surface area contributed by atoms with Gasteiger partial charge in [-0.25, -0.2) is 0 Å². The molecule has 134 valence electrons. The van der Waals surface area contributed by atoms with Crippen molar-refractivity contribution in [3.63, 3.8) is 0 Å². The topological polar surface area (TPSA) is 69.7 Å². The number of carboxylic acids is 1. The standard InChI is InChI=1S/C18H21NO4S2/c1-12(2)8-10-23-14-5-3-13(4-6-14)11-15-17(22)19(18(24)25-15)9-7-16(20)21/h3-6,11-12H,7-10H2,1-2H3,(H,20,21)/p-1/b15-11-. The summed E-state index contributed by atoms with van der Waals surface area (Å²) in [5, 5.41) is 10.6. The van der Waals surface area contributed by atoms with Gasteiger partial charge in [-0.05, 0) is 36.1 Å². The van der Waals surface area contributed by atoms with Crippen molar-refractivity contribution < 1.29 is 19.4 Å². The van der Waals surface area contributed by atoms with Gasteiger partial charge in [0.25, 0.3) is 5.91 Å². The molecule has 0 aliphatic carbocycles. The molecule has 1 fully saturated rings. The summed E-state index contributed by atoms with van der Waals surface area (Å²) in [5.41, 5.74) is 0.858. The maximum Gasteiger partial charge on any atom is 0.266 e. The molecule has 1 aliphatic heterocycles. The Bertz CT molecular complexity index is 683. The summed E-state index contributed by atoms with van der Waals surface area (Å²) in [4.78, 5) is 24.7. The minimum absolute atomic E-state index is 0.0347. The minimum atomic E-state index is -1.20. The molecular formula is C18H20NO4S2-. The number of ether oxygens (including phenoxy) is 1. The fourth-order valence-electron chi connectivity index (χ4n) is 2.12. The second-order valence-corrected chi connectivity index (χ2v) is 7.73. The van der Waals surface area contributed by atoms with Crippen molar-refractivity contribution in [2.75, 3.05) is 13.2 Å². The van der Waals surface area contributed by atoms with E-state index in [1.54, 1.807) is 6.08 Å². The van der Waals surface area contributed by atoms with Gasteiger partial charge in [0.1, 0.15) is 10.1 Å². The molecule has 0 spiro atoms.